The summed E-state index contributed by atoms with van der Waals surface area (Å²) in [7, 11) is 0. The normalized spacial score (nSPS) is 17.1. The van der Waals surface area contributed by atoms with E-state index in [1.165, 1.54) is 0 Å². The van der Waals surface area contributed by atoms with E-state index >= 15 is 0 Å². The molecular formula is C21H25ClN6O. The van der Waals surface area contributed by atoms with Crippen molar-refractivity contribution in [3.63, 3.8) is 0 Å². The number of nitrogens with two attached hydrogens (primary N) is 2. The molecule has 4 rings (SSSR count). The van der Waals surface area contributed by atoms with Gasteiger partial charge in [0.25, 0.3) is 5.91 Å². The molecule has 3 aromatic rings. The molecule has 1 saturated heterocycles. The Morgan fingerprint density at radius 1 is 1.31 bits per heavy atom. The highest BCUT2D eigenvalue weighted by atomic mass is 35.5. The van der Waals surface area contributed by atoms with Crippen molar-refractivity contribution in [2.24, 2.45) is 11.5 Å². The third kappa shape index (κ3) is 3.61. The van der Waals surface area contributed by atoms with Gasteiger partial charge in [-0.3, -0.25) is 9.20 Å². The minimum absolute atomic E-state index is 0.0101. The molecule has 0 unspecified atom stereocenters. The van der Waals surface area contributed by atoms with Gasteiger partial charge in [-0.15, -0.1) is 0 Å². The Hall–Kier alpha value is -2.48. The lowest BCUT2D eigenvalue weighted by Gasteiger charge is -2.30. The molecule has 0 radical (unpaired) electrons. The van der Waals surface area contributed by atoms with Gasteiger partial charge in [0.1, 0.15) is 5.69 Å². The predicted octanol–water partition coefficient (Wildman–Crippen LogP) is 2.69. The van der Waals surface area contributed by atoms with Gasteiger partial charge in [-0.25, -0.2) is 9.97 Å². The second kappa shape index (κ2) is 7.74. The zero-order valence-corrected chi connectivity index (χ0v) is 17.4. The molecule has 1 amide bonds. The van der Waals surface area contributed by atoms with Gasteiger partial charge in [0.15, 0.2) is 0 Å². The van der Waals surface area contributed by atoms with Crippen LogP contribution in [0, 0.1) is 13.8 Å². The van der Waals surface area contributed by atoms with Crippen LogP contribution in [0.15, 0.2) is 24.4 Å². The van der Waals surface area contributed by atoms with Crippen LogP contribution < -0.4 is 11.5 Å². The van der Waals surface area contributed by atoms with Gasteiger partial charge >= 0.3 is 0 Å². The van der Waals surface area contributed by atoms with Gasteiger partial charge in [0.05, 0.1) is 10.7 Å². The highest BCUT2D eigenvalue weighted by Crippen LogP contribution is 2.33. The van der Waals surface area contributed by atoms with Crippen molar-refractivity contribution in [3.8, 4) is 11.3 Å². The fourth-order valence-electron chi connectivity index (χ4n) is 3.96. The first-order chi connectivity index (χ1) is 13.9. The van der Waals surface area contributed by atoms with E-state index in [0.717, 1.165) is 40.9 Å². The molecule has 2 aromatic heterocycles. The number of hydrogen-bond acceptors (Lipinski definition) is 5. The van der Waals surface area contributed by atoms with E-state index in [1.807, 2.05) is 36.4 Å². The Kier molecular flexibility index (Phi) is 5.29. The summed E-state index contributed by atoms with van der Waals surface area (Å²) in [5, 5.41) is 0.621. The number of fused-ring (bicyclic) bond motifs is 1. The number of likely N-dealkylation sites (tertiary alicyclic amines) is 1. The number of amides is 1. The van der Waals surface area contributed by atoms with E-state index in [2.05, 4.69) is 9.97 Å². The average Bonchev–Trinajstić information content (AvgIpc) is 3.10. The van der Waals surface area contributed by atoms with E-state index in [1.54, 1.807) is 11.1 Å². The van der Waals surface area contributed by atoms with Crippen LogP contribution in [0.4, 0.5) is 0 Å². The maximum absolute atomic E-state index is 13.0. The summed E-state index contributed by atoms with van der Waals surface area (Å²) in [5.74, 6) is 0.328. The maximum atomic E-state index is 13.0. The number of carbonyl (C=O) groups excluding carboxylic acids is 1. The smallest absolute Gasteiger partial charge is 0.274 e. The van der Waals surface area contributed by atoms with E-state index in [9.17, 15) is 4.79 Å². The summed E-state index contributed by atoms with van der Waals surface area (Å²) in [5.41, 5.74) is 16.8. The molecule has 7 nitrogen and oxygen atoms in total. The highest BCUT2D eigenvalue weighted by molar-refractivity contribution is 6.33. The van der Waals surface area contributed by atoms with Gasteiger partial charge < -0.3 is 16.4 Å². The zero-order chi connectivity index (χ0) is 20.7. The number of hydrogen-bond donors (Lipinski definition) is 2. The Labute approximate surface area is 174 Å². The van der Waals surface area contributed by atoms with Crippen LogP contribution >= 0.6 is 11.6 Å². The summed E-state index contributed by atoms with van der Waals surface area (Å²) in [4.78, 5) is 23.9. The molecule has 29 heavy (non-hydrogen) atoms. The Morgan fingerprint density at radius 3 is 2.79 bits per heavy atom. The van der Waals surface area contributed by atoms with Crippen LogP contribution in [-0.4, -0.2) is 44.3 Å². The predicted molar refractivity (Wildman–Crippen MR) is 114 cm³/mol. The lowest BCUT2D eigenvalue weighted by Crippen LogP contribution is -2.45. The molecule has 1 atom stereocenters. The lowest BCUT2D eigenvalue weighted by atomic mass is 10.0. The Balaban J connectivity index is 1.87. The fourth-order valence-corrected chi connectivity index (χ4v) is 4.28. The highest BCUT2D eigenvalue weighted by Gasteiger charge is 2.26. The number of rotatable bonds is 3. The number of nitrogens with zero attached hydrogens (tertiary/aromatic N) is 4. The second-order valence-electron chi connectivity index (χ2n) is 7.66. The van der Waals surface area contributed by atoms with Crippen molar-refractivity contribution >= 4 is 23.3 Å². The number of halogens is 1. The number of carbonyl (C=O) groups is 1. The second-order valence-corrected chi connectivity index (χ2v) is 8.07. The van der Waals surface area contributed by atoms with Crippen molar-refractivity contribution < 1.29 is 4.79 Å². The van der Waals surface area contributed by atoms with Crippen molar-refractivity contribution in [3.05, 3.63) is 51.9 Å². The third-order valence-electron chi connectivity index (χ3n) is 5.47. The fraction of sp³-hybridized carbons (Fsp3) is 0.381. The Morgan fingerprint density at radius 2 is 2.10 bits per heavy atom. The largest absolute Gasteiger partial charge is 0.336 e. The van der Waals surface area contributed by atoms with Gasteiger partial charge in [-0.2, -0.15) is 0 Å². The van der Waals surface area contributed by atoms with E-state index in [-0.39, 0.29) is 11.9 Å². The van der Waals surface area contributed by atoms with Gasteiger partial charge in [0.2, 0.25) is 5.78 Å². The number of aryl methyl sites for hydroxylation is 2. The maximum Gasteiger partial charge on any atom is 0.274 e. The molecular weight excluding hydrogens is 388 g/mol. The number of piperidine rings is 1. The summed E-state index contributed by atoms with van der Waals surface area (Å²) in [6, 6.07) is 5.89. The number of benzene rings is 1. The molecule has 0 bridgehead atoms. The zero-order valence-electron chi connectivity index (χ0n) is 16.7. The van der Waals surface area contributed by atoms with Crippen molar-refractivity contribution in [1.29, 1.82) is 0 Å². The molecule has 0 aliphatic carbocycles. The molecule has 0 saturated carbocycles. The van der Waals surface area contributed by atoms with Crippen molar-refractivity contribution in [1.82, 2.24) is 19.3 Å². The first-order valence-electron chi connectivity index (χ1n) is 9.79. The minimum Gasteiger partial charge on any atom is -0.336 e. The van der Waals surface area contributed by atoms with Crippen LogP contribution in [0.5, 0.6) is 0 Å². The molecule has 3 heterocycles. The number of imidazole rings is 1. The van der Waals surface area contributed by atoms with Crippen LogP contribution in [0.1, 0.15) is 40.2 Å². The summed E-state index contributed by atoms with van der Waals surface area (Å²) in [6.45, 7) is 5.43. The standard InChI is InChI=1S/C21H25ClN6O/c1-12-5-6-15(17(22)8-12)19-16(9-23)13(2)25-21-26-18(11-28(19)21)20(29)27-7-3-4-14(24)10-27/h5-6,8,11,14H,3-4,7,9-10,23-24H2,1-2H3/t14-/m1/s1. The quantitative estimate of drug-likeness (QED) is 0.688. The van der Waals surface area contributed by atoms with E-state index in [4.69, 9.17) is 23.1 Å². The summed E-state index contributed by atoms with van der Waals surface area (Å²) in [6.07, 6.45) is 3.57. The van der Waals surface area contributed by atoms with Gasteiger partial charge in [-0.1, -0.05) is 23.7 Å². The molecule has 1 aliphatic rings. The van der Waals surface area contributed by atoms with Crippen molar-refractivity contribution in [2.75, 3.05) is 13.1 Å². The lowest BCUT2D eigenvalue weighted by molar-refractivity contribution is 0.0703. The number of aromatic nitrogens is 3. The summed E-state index contributed by atoms with van der Waals surface area (Å²) >= 11 is 6.57. The molecule has 8 heteroatoms. The molecule has 0 spiro atoms. The van der Waals surface area contributed by atoms with E-state index < -0.39 is 0 Å². The molecule has 4 N–H and O–H groups in total. The van der Waals surface area contributed by atoms with Crippen LogP contribution in [0.2, 0.25) is 5.02 Å². The monoisotopic (exact) mass is 412 g/mol. The van der Waals surface area contributed by atoms with Gasteiger partial charge in [-0.05, 0) is 38.3 Å². The first kappa shape index (κ1) is 19.8. The van der Waals surface area contributed by atoms with E-state index in [0.29, 0.717) is 36.1 Å². The van der Waals surface area contributed by atoms with Gasteiger partial charge in [0, 0.05) is 48.7 Å². The molecule has 1 fully saturated rings. The third-order valence-corrected chi connectivity index (χ3v) is 5.78. The summed E-state index contributed by atoms with van der Waals surface area (Å²) < 4.78 is 1.82. The minimum atomic E-state index is -0.126. The van der Waals surface area contributed by atoms with Crippen molar-refractivity contribution in [2.45, 2.75) is 39.3 Å². The SMILES string of the molecule is Cc1ccc(-c2c(CN)c(C)nc3nc(C(=O)N4CCC[C@@H](N)C4)cn23)c(Cl)c1. The first-order valence-corrected chi connectivity index (χ1v) is 10.2. The Bertz CT molecular complexity index is 1090. The van der Waals surface area contributed by atoms with Crippen LogP contribution in [0.3, 0.4) is 0 Å². The molecule has 1 aliphatic heterocycles. The molecule has 1 aromatic carbocycles. The van der Waals surface area contributed by atoms with Crippen LogP contribution in [-0.2, 0) is 6.54 Å². The van der Waals surface area contributed by atoms with Crippen LogP contribution in [0.25, 0.3) is 17.0 Å². The average molecular weight is 413 g/mol. The molecule has 152 valence electrons. The topological polar surface area (TPSA) is 103 Å².